The number of halogens is 1. The van der Waals surface area contributed by atoms with Gasteiger partial charge >= 0.3 is 5.97 Å². The number of nitro benzene ring substituents is 1. The number of carboxylic acid groups (broad SMARTS) is 1. The summed E-state index contributed by atoms with van der Waals surface area (Å²) in [5, 5.41) is 31.3. The van der Waals surface area contributed by atoms with Crippen LogP contribution in [-0.4, -0.2) is 44.2 Å². The fourth-order valence-corrected chi connectivity index (χ4v) is 3.82. The molecule has 1 aliphatic heterocycles. The number of aliphatic carboxylic acids is 1. The predicted molar refractivity (Wildman–Crippen MR) is 115 cm³/mol. The highest BCUT2D eigenvalue weighted by Gasteiger charge is 2.47. The van der Waals surface area contributed by atoms with Crippen LogP contribution < -0.4 is 0 Å². The van der Waals surface area contributed by atoms with Crippen molar-refractivity contribution in [3.8, 4) is 0 Å². The molecule has 172 valence electrons. The van der Waals surface area contributed by atoms with E-state index < -0.39 is 40.2 Å². The molecule has 1 saturated heterocycles. The van der Waals surface area contributed by atoms with E-state index in [1.54, 1.807) is 0 Å². The molecule has 1 fully saturated rings. The molecule has 2 aromatic carbocycles. The van der Waals surface area contributed by atoms with E-state index in [0.717, 1.165) is 17.0 Å². The smallest absolute Gasteiger partial charge is 0.303 e. The second kappa shape index (κ2) is 10.0. The van der Waals surface area contributed by atoms with Crippen molar-refractivity contribution in [2.45, 2.75) is 31.7 Å². The zero-order valence-electron chi connectivity index (χ0n) is 17.4. The largest absolute Gasteiger partial charge is 0.507 e. The highest BCUT2D eigenvalue weighted by atomic mass is 19.1. The molecule has 0 spiro atoms. The Bertz CT molecular complexity index is 1130. The topological polar surface area (TPSA) is 138 Å². The van der Waals surface area contributed by atoms with Crippen molar-refractivity contribution in [2.75, 3.05) is 6.54 Å². The number of Topliss-reactive ketones (excluding diaryl/α,β-unsaturated/α-hetero) is 1. The minimum atomic E-state index is -1.23. The average molecular weight is 456 g/mol. The number of aliphatic hydroxyl groups is 1. The number of rotatable bonds is 9. The number of nitrogens with zero attached hydrogens (tertiary/aromatic N) is 2. The van der Waals surface area contributed by atoms with E-state index in [2.05, 4.69) is 0 Å². The van der Waals surface area contributed by atoms with Crippen molar-refractivity contribution < 1.29 is 33.9 Å². The Labute approximate surface area is 187 Å². The highest BCUT2D eigenvalue weighted by molar-refractivity contribution is 6.46. The maximum atomic E-state index is 13.3. The number of para-hydroxylation sites is 1. The lowest BCUT2D eigenvalue weighted by atomic mass is 9.94. The maximum Gasteiger partial charge on any atom is 0.303 e. The highest BCUT2D eigenvalue weighted by Crippen LogP contribution is 2.42. The quantitative estimate of drug-likeness (QED) is 0.146. The summed E-state index contributed by atoms with van der Waals surface area (Å²) >= 11 is 0. The summed E-state index contributed by atoms with van der Waals surface area (Å²) in [6, 6.07) is 9.01. The number of nitro groups is 1. The van der Waals surface area contributed by atoms with E-state index in [1.807, 2.05) is 0 Å². The van der Waals surface area contributed by atoms with E-state index in [-0.39, 0.29) is 35.4 Å². The van der Waals surface area contributed by atoms with Gasteiger partial charge in [0.1, 0.15) is 11.6 Å². The van der Waals surface area contributed by atoms with E-state index >= 15 is 0 Å². The molecular weight excluding hydrogens is 435 g/mol. The molecule has 2 N–H and O–H groups in total. The Hall–Kier alpha value is -4.08. The molecule has 9 nitrogen and oxygen atoms in total. The molecule has 0 saturated carbocycles. The first-order valence-corrected chi connectivity index (χ1v) is 10.2. The third-order valence-corrected chi connectivity index (χ3v) is 5.38. The number of carbonyl (C=O) groups excluding carboxylic acids is 2. The van der Waals surface area contributed by atoms with Gasteiger partial charge in [-0.2, -0.15) is 0 Å². The number of unbranched alkanes of at least 4 members (excludes halogenated alkanes) is 2. The molecule has 1 heterocycles. The zero-order valence-corrected chi connectivity index (χ0v) is 17.4. The maximum absolute atomic E-state index is 13.3. The van der Waals surface area contributed by atoms with Gasteiger partial charge in [-0.25, -0.2) is 4.39 Å². The fourth-order valence-electron chi connectivity index (χ4n) is 3.82. The van der Waals surface area contributed by atoms with Gasteiger partial charge in [-0.3, -0.25) is 24.5 Å². The summed E-state index contributed by atoms with van der Waals surface area (Å²) in [4.78, 5) is 48.6. The molecule has 1 aliphatic rings. The van der Waals surface area contributed by atoms with Gasteiger partial charge in [0.25, 0.3) is 17.4 Å². The lowest BCUT2D eigenvalue weighted by Crippen LogP contribution is -2.31. The Balaban J connectivity index is 2.06. The van der Waals surface area contributed by atoms with E-state index in [9.17, 15) is 34.0 Å². The third-order valence-electron chi connectivity index (χ3n) is 5.38. The first-order chi connectivity index (χ1) is 15.7. The van der Waals surface area contributed by atoms with Gasteiger partial charge in [-0.15, -0.1) is 0 Å². The molecule has 0 radical (unpaired) electrons. The van der Waals surface area contributed by atoms with Crippen LogP contribution in [0.25, 0.3) is 5.76 Å². The van der Waals surface area contributed by atoms with Gasteiger partial charge in [-0.1, -0.05) is 18.6 Å². The van der Waals surface area contributed by atoms with Crippen LogP contribution >= 0.6 is 0 Å². The summed E-state index contributed by atoms with van der Waals surface area (Å²) in [5.74, 6) is -4.02. The van der Waals surface area contributed by atoms with Crippen LogP contribution in [0.3, 0.4) is 0 Å². The van der Waals surface area contributed by atoms with E-state index in [0.29, 0.717) is 19.3 Å². The molecule has 0 aliphatic carbocycles. The number of amides is 1. The molecule has 2 aromatic rings. The van der Waals surface area contributed by atoms with Gasteiger partial charge in [-0.05, 0) is 43.2 Å². The summed E-state index contributed by atoms with van der Waals surface area (Å²) in [5.41, 5.74) is -0.521. The second-order valence-electron chi connectivity index (χ2n) is 7.52. The molecule has 1 unspecified atom stereocenters. The standard InChI is InChI=1S/C23H21FN2O7/c24-15-11-9-14(10-12-15)21(29)19-20(16-6-3-4-7-17(16)26(32)33)25(23(31)22(19)30)13-5-1-2-8-18(27)28/h3-4,6-7,9-12,20,29H,1-2,5,8,13H2,(H,27,28)/b21-19-. The second-order valence-corrected chi connectivity index (χ2v) is 7.52. The average Bonchev–Trinajstić information content (AvgIpc) is 3.03. The monoisotopic (exact) mass is 456 g/mol. The lowest BCUT2D eigenvalue weighted by molar-refractivity contribution is -0.385. The van der Waals surface area contributed by atoms with Crippen molar-refractivity contribution in [1.82, 2.24) is 4.90 Å². The van der Waals surface area contributed by atoms with Crippen molar-refractivity contribution in [1.29, 1.82) is 0 Å². The fraction of sp³-hybridized carbons (Fsp3) is 0.261. The molecule has 1 atom stereocenters. The van der Waals surface area contributed by atoms with Crippen molar-refractivity contribution in [2.24, 2.45) is 0 Å². The van der Waals surface area contributed by atoms with Crippen LogP contribution in [0.1, 0.15) is 42.9 Å². The normalized spacial score (nSPS) is 17.4. The molecule has 0 bridgehead atoms. The number of ketones is 1. The van der Waals surface area contributed by atoms with Gasteiger partial charge in [0.2, 0.25) is 0 Å². The summed E-state index contributed by atoms with van der Waals surface area (Å²) in [6.07, 6.45) is 1.13. The van der Waals surface area contributed by atoms with Gasteiger partial charge in [0.15, 0.2) is 0 Å². The van der Waals surface area contributed by atoms with Crippen LogP contribution in [0.5, 0.6) is 0 Å². The van der Waals surface area contributed by atoms with Gasteiger partial charge in [0.05, 0.1) is 22.1 Å². The van der Waals surface area contributed by atoms with Crippen LogP contribution in [0.4, 0.5) is 10.1 Å². The number of carboxylic acids is 1. The van der Waals surface area contributed by atoms with Crippen LogP contribution in [0, 0.1) is 15.9 Å². The first kappa shape index (κ1) is 23.6. The first-order valence-electron chi connectivity index (χ1n) is 10.2. The van der Waals surface area contributed by atoms with E-state index in [4.69, 9.17) is 5.11 Å². The van der Waals surface area contributed by atoms with Crippen molar-refractivity contribution >= 4 is 29.1 Å². The Morgan fingerprint density at radius 2 is 1.70 bits per heavy atom. The van der Waals surface area contributed by atoms with Crippen LogP contribution in [0.15, 0.2) is 54.1 Å². The molecule has 10 heteroatoms. The Morgan fingerprint density at radius 1 is 1.03 bits per heavy atom. The van der Waals surface area contributed by atoms with Crippen molar-refractivity contribution in [3.05, 3.63) is 81.2 Å². The number of likely N-dealkylation sites (tertiary alicyclic amines) is 1. The minimum absolute atomic E-state index is 0.0289. The summed E-state index contributed by atoms with van der Waals surface area (Å²) in [7, 11) is 0. The molecule has 33 heavy (non-hydrogen) atoms. The summed E-state index contributed by atoms with van der Waals surface area (Å²) in [6.45, 7) is 0.0289. The van der Waals surface area contributed by atoms with E-state index in [1.165, 1.54) is 36.4 Å². The minimum Gasteiger partial charge on any atom is -0.507 e. The van der Waals surface area contributed by atoms with Gasteiger partial charge < -0.3 is 15.1 Å². The Kier molecular flexibility index (Phi) is 7.17. The number of hydrogen-bond donors (Lipinski definition) is 2. The van der Waals surface area contributed by atoms with Crippen LogP contribution in [-0.2, 0) is 14.4 Å². The van der Waals surface area contributed by atoms with Gasteiger partial charge in [0, 0.05) is 24.6 Å². The molecular formula is C23H21FN2O7. The predicted octanol–water partition coefficient (Wildman–Crippen LogP) is 3.80. The number of benzene rings is 2. The SMILES string of the molecule is O=C(O)CCCCCN1C(=O)C(=O)/C(=C(\O)c2ccc(F)cc2)C1c1ccccc1[N+](=O)[O-]. The number of aliphatic hydroxyl groups excluding tert-OH is 1. The molecule has 3 rings (SSSR count). The van der Waals surface area contributed by atoms with Crippen molar-refractivity contribution in [3.63, 3.8) is 0 Å². The third kappa shape index (κ3) is 5.05. The van der Waals surface area contributed by atoms with Crippen LogP contribution in [0.2, 0.25) is 0 Å². The molecule has 0 aromatic heterocycles. The zero-order chi connectivity index (χ0) is 24.1. The number of hydrogen-bond acceptors (Lipinski definition) is 6. The summed E-state index contributed by atoms with van der Waals surface area (Å²) < 4.78 is 13.3. The lowest BCUT2D eigenvalue weighted by Gasteiger charge is -2.25. The Morgan fingerprint density at radius 3 is 2.33 bits per heavy atom. The number of carbonyl (C=O) groups is 3. The molecule has 1 amide bonds.